The summed E-state index contributed by atoms with van der Waals surface area (Å²) in [6.07, 6.45) is -5.42. The molecule has 0 saturated heterocycles. The summed E-state index contributed by atoms with van der Waals surface area (Å²) in [4.78, 5) is 19.7. The number of aliphatic hydroxyl groups excluding tert-OH is 5. The zero-order chi connectivity index (χ0) is 13.3. The first-order valence-corrected chi connectivity index (χ1v) is 4.56. The van der Waals surface area contributed by atoms with Crippen LogP contribution in [-0.2, 0) is 9.59 Å². The van der Waals surface area contributed by atoms with Gasteiger partial charge in [0.15, 0.2) is 12.1 Å². The van der Waals surface area contributed by atoms with Crippen molar-refractivity contribution in [1.82, 2.24) is 0 Å². The lowest BCUT2D eigenvalue weighted by molar-refractivity contribution is -0.127. The minimum atomic E-state index is -1.64. The van der Waals surface area contributed by atoms with Crippen molar-refractivity contribution in [3.8, 4) is 0 Å². The molecule has 7 nitrogen and oxygen atoms in total. The second-order valence-corrected chi connectivity index (χ2v) is 3.15. The molecule has 0 amide bonds. The molecule has 0 heterocycles. The number of ketones is 1. The van der Waals surface area contributed by atoms with Gasteiger partial charge in [-0.25, -0.2) is 0 Å². The van der Waals surface area contributed by atoms with Crippen molar-refractivity contribution >= 4 is 12.1 Å². The number of aliphatic hydroxyl groups is 5. The van der Waals surface area contributed by atoms with Gasteiger partial charge in [-0.15, -0.1) is 0 Å². The Bertz CT molecular complexity index is 204. The van der Waals surface area contributed by atoms with Gasteiger partial charge in [0.05, 0.1) is 6.61 Å². The van der Waals surface area contributed by atoms with Crippen LogP contribution >= 0.6 is 0 Å². The zero-order valence-corrected chi connectivity index (χ0v) is 9.15. The molecule has 5 N–H and O–H groups in total. The molecule has 0 aliphatic heterocycles. The lowest BCUT2D eigenvalue weighted by atomic mass is 10.1. The topological polar surface area (TPSA) is 135 Å². The number of Topliss-reactive ketones (excluding diaryl/α,β-unsaturated/α-hetero) is 1. The third kappa shape index (κ3) is 8.45. The molecule has 16 heavy (non-hydrogen) atoms. The Labute approximate surface area is 93.0 Å². The lowest BCUT2D eigenvalue weighted by Gasteiger charge is -2.16. The second kappa shape index (κ2) is 9.37. The maximum Gasteiger partial charge on any atom is 0.157 e. The summed E-state index contributed by atoms with van der Waals surface area (Å²) in [5, 5.41) is 42.3. The van der Waals surface area contributed by atoms with Crippen LogP contribution in [-0.4, -0.2) is 68.6 Å². The number of hydrogen-bond acceptors (Lipinski definition) is 7. The average molecular weight is 238 g/mol. The van der Waals surface area contributed by atoms with Crippen molar-refractivity contribution < 1.29 is 35.1 Å². The van der Waals surface area contributed by atoms with Gasteiger partial charge >= 0.3 is 0 Å². The molecule has 0 fully saturated rings. The minimum absolute atomic E-state index is 0.0869. The fraction of sp³-hybridized carbons (Fsp3) is 0.778. The summed E-state index contributed by atoms with van der Waals surface area (Å²) in [5.74, 6) is -0.185. The molecule has 0 saturated carbocycles. The summed E-state index contributed by atoms with van der Waals surface area (Å²) in [5.41, 5.74) is 0. The predicted molar refractivity (Wildman–Crippen MR) is 53.5 cm³/mol. The standard InChI is InChI=1S/C5H10O5.C4H8O2/c6-1-3(8)5(10)4(9)2-7;1-3(5)4(2)6/h1,3-5,7-10H,2H2;3,5H,1-2H3/t3-,4+,5+;/m0./s1. The summed E-state index contributed by atoms with van der Waals surface area (Å²) < 4.78 is 0. The summed E-state index contributed by atoms with van der Waals surface area (Å²) >= 11 is 0. The Kier molecular flexibility index (Phi) is 10.3. The molecular weight excluding hydrogens is 220 g/mol. The van der Waals surface area contributed by atoms with E-state index in [-0.39, 0.29) is 12.1 Å². The number of hydrogen-bond donors (Lipinski definition) is 5. The normalized spacial score (nSPS) is 17.4. The van der Waals surface area contributed by atoms with Crippen molar-refractivity contribution in [3.05, 3.63) is 0 Å². The van der Waals surface area contributed by atoms with Crippen molar-refractivity contribution in [2.45, 2.75) is 38.3 Å². The van der Waals surface area contributed by atoms with E-state index in [0.717, 1.165) is 0 Å². The highest BCUT2D eigenvalue weighted by molar-refractivity contribution is 5.79. The first-order valence-electron chi connectivity index (χ1n) is 4.56. The van der Waals surface area contributed by atoms with Crippen LogP contribution in [0.3, 0.4) is 0 Å². The molecule has 0 aliphatic carbocycles. The highest BCUT2D eigenvalue weighted by Crippen LogP contribution is 1.96. The van der Waals surface area contributed by atoms with Gasteiger partial charge in [0.1, 0.15) is 24.4 Å². The Balaban J connectivity index is 0. The van der Waals surface area contributed by atoms with Crippen molar-refractivity contribution in [3.63, 3.8) is 0 Å². The van der Waals surface area contributed by atoms with E-state index in [4.69, 9.17) is 25.5 Å². The van der Waals surface area contributed by atoms with Gasteiger partial charge < -0.3 is 30.3 Å². The summed E-state index contributed by atoms with van der Waals surface area (Å²) in [7, 11) is 0. The molecule has 0 radical (unpaired) electrons. The molecule has 7 heteroatoms. The first kappa shape index (κ1) is 17.5. The van der Waals surface area contributed by atoms with Crippen LogP contribution in [0.2, 0.25) is 0 Å². The predicted octanol–water partition coefficient (Wildman–Crippen LogP) is -2.78. The third-order valence-corrected chi connectivity index (χ3v) is 1.66. The van der Waals surface area contributed by atoms with Gasteiger partial charge in [0.25, 0.3) is 0 Å². The smallest absolute Gasteiger partial charge is 0.157 e. The Morgan fingerprint density at radius 1 is 1.25 bits per heavy atom. The zero-order valence-electron chi connectivity index (χ0n) is 9.15. The molecule has 96 valence electrons. The molecule has 0 aromatic carbocycles. The van der Waals surface area contributed by atoms with Crippen molar-refractivity contribution in [2.75, 3.05) is 6.61 Å². The molecule has 0 aromatic rings. The molecule has 0 bridgehead atoms. The van der Waals surface area contributed by atoms with Gasteiger partial charge in [0.2, 0.25) is 0 Å². The maximum atomic E-state index is 9.89. The minimum Gasteiger partial charge on any atom is -0.394 e. The van der Waals surface area contributed by atoms with E-state index >= 15 is 0 Å². The van der Waals surface area contributed by atoms with Crippen LogP contribution in [0.15, 0.2) is 0 Å². The van der Waals surface area contributed by atoms with Crippen LogP contribution in [0.5, 0.6) is 0 Å². The van der Waals surface area contributed by atoms with Gasteiger partial charge in [-0.3, -0.25) is 4.79 Å². The van der Waals surface area contributed by atoms with E-state index in [1.165, 1.54) is 13.8 Å². The molecular formula is C9H18O7. The highest BCUT2D eigenvalue weighted by atomic mass is 16.4. The van der Waals surface area contributed by atoms with E-state index in [0.29, 0.717) is 0 Å². The molecule has 4 atom stereocenters. The van der Waals surface area contributed by atoms with E-state index in [9.17, 15) is 9.59 Å². The van der Waals surface area contributed by atoms with E-state index in [2.05, 4.69) is 0 Å². The third-order valence-electron chi connectivity index (χ3n) is 1.66. The second-order valence-electron chi connectivity index (χ2n) is 3.15. The quantitative estimate of drug-likeness (QED) is 0.327. The molecule has 1 unspecified atom stereocenters. The van der Waals surface area contributed by atoms with Crippen molar-refractivity contribution in [1.29, 1.82) is 0 Å². The summed E-state index contributed by atoms with van der Waals surface area (Å²) in [6, 6.07) is 0. The SMILES string of the molecule is CC(=O)C(C)O.O=C[C@H](O)[C@@H](O)[C@H](O)CO. The van der Waals surface area contributed by atoms with Gasteiger partial charge in [-0.05, 0) is 13.8 Å². The van der Waals surface area contributed by atoms with Crippen LogP contribution < -0.4 is 0 Å². The fourth-order valence-electron chi connectivity index (χ4n) is 0.416. The number of aldehydes is 1. The van der Waals surface area contributed by atoms with Gasteiger partial charge in [0, 0.05) is 0 Å². The lowest BCUT2D eigenvalue weighted by Crippen LogP contribution is -2.40. The van der Waals surface area contributed by atoms with E-state index in [1.54, 1.807) is 0 Å². The monoisotopic (exact) mass is 238 g/mol. The van der Waals surface area contributed by atoms with Crippen LogP contribution in [0.4, 0.5) is 0 Å². The molecule has 0 spiro atoms. The van der Waals surface area contributed by atoms with Crippen molar-refractivity contribution in [2.24, 2.45) is 0 Å². The van der Waals surface area contributed by atoms with E-state index < -0.39 is 31.0 Å². The Morgan fingerprint density at radius 2 is 1.62 bits per heavy atom. The number of carbonyl (C=O) groups is 2. The molecule has 0 aromatic heterocycles. The highest BCUT2D eigenvalue weighted by Gasteiger charge is 2.22. The largest absolute Gasteiger partial charge is 0.394 e. The number of rotatable bonds is 5. The maximum absolute atomic E-state index is 9.89. The number of carbonyl (C=O) groups excluding carboxylic acids is 2. The molecule has 0 rings (SSSR count). The fourth-order valence-corrected chi connectivity index (χ4v) is 0.416. The molecule has 0 aliphatic rings. The average Bonchev–Trinajstić information content (AvgIpc) is 2.26. The van der Waals surface area contributed by atoms with E-state index in [1.807, 2.05) is 0 Å². The van der Waals surface area contributed by atoms with Crippen LogP contribution in [0, 0.1) is 0 Å². The van der Waals surface area contributed by atoms with Gasteiger partial charge in [-0.2, -0.15) is 0 Å². The Hall–Kier alpha value is -0.860. The summed E-state index contributed by atoms with van der Waals surface area (Å²) in [6.45, 7) is 2.11. The van der Waals surface area contributed by atoms with Gasteiger partial charge in [-0.1, -0.05) is 0 Å². The van der Waals surface area contributed by atoms with Crippen LogP contribution in [0.1, 0.15) is 13.8 Å². The first-order chi connectivity index (χ1) is 7.27. The Morgan fingerprint density at radius 3 is 1.81 bits per heavy atom. The van der Waals surface area contributed by atoms with Crippen LogP contribution in [0.25, 0.3) is 0 Å².